The molecular weight excluding hydrogens is 293 g/mol. The highest BCUT2D eigenvalue weighted by atomic mass is 19.4. The number of rotatable bonds is 5. The van der Waals surface area contributed by atoms with Crippen molar-refractivity contribution in [2.45, 2.75) is 26.4 Å². The van der Waals surface area contributed by atoms with Crippen LogP contribution in [0.2, 0.25) is 0 Å². The Balaban J connectivity index is 3.01. The van der Waals surface area contributed by atoms with Crippen LogP contribution in [0.3, 0.4) is 0 Å². The second kappa shape index (κ2) is 7.41. The van der Waals surface area contributed by atoms with Crippen molar-refractivity contribution < 1.29 is 13.2 Å². The maximum absolute atomic E-state index is 12.8. The van der Waals surface area contributed by atoms with Gasteiger partial charge in [0.25, 0.3) is 0 Å². The number of nitriles is 1. The summed E-state index contributed by atoms with van der Waals surface area (Å²) >= 11 is 0. The van der Waals surface area contributed by atoms with Crippen molar-refractivity contribution in [2.24, 2.45) is 4.99 Å². The normalized spacial score (nSPS) is 12.7. The smallest absolute Gasteiger partial charge is 0.343 e. The summed E-state index contributed by atoms with van der Waals surface area (Å²) in [7, 11) is 0. The summed E-state index contributed by atoms with van der Waals surface area (Å²) in [6.07, 6.45) is -0.692. The molecule has 4 nitrogen and oxygen atoms in total. The standard InChI is InChI=1S/C15H15F3N4/c1-4-11-6-14(21-9-13(11)15(16,17)18)22-10(3)8-20-12(5-2)7-19/h5-6,8-9H,2,4H2,1,3H3,(H,21,22)/b10-8+,20-12+. The van der Waals surface area contributed by atoms with Gasteiger partial charge in [0, 0.05) is 18.1 Å². The number of allylic oxidation sites excluding steroid dienone is 2. The van der Waals surface area contributed by atoms with Crippen LogP contribution < -0.4 is 5.32 Å². The summed E-state index contributed by atoms with van der Waals surface area (Å²) < 4.78 is 38.4. The molecular formula is C15H15F3N4. The summed E-state index contributed by atoms with van der Waals surface area (Å²) in [5.74, 6) is 0.283. The number of pyridine rings is 1. The van der Waals surface area contributed by atoms with Gasteiger partial charge in [-0.05, 0) is 31.1 Å². The lowest BCUT2D eigenvalue weighted by atomic mass is 10.1. The van der Waals surface area contributed by atoms with Crippen LogP contribution in [0.4, 0.5) is 19.0 Å². The van der Waals surface area contributed by atoms with Crippen LogP contribution >= 0.6 is 0 Å². The molecule has 0 amide bonds. The van der Waals surface area contributed by atoms with E-state index in [9.17, 15) is 13.2 Å². The first kappa shape index (κ1) is 17.4. The van der Waals surface area contributed by atoms with Gasteiger partial charge in [0.05, 0.1) is 5.56 Å². The first-order chi connectivity index (χ1) is 10.3. The van der Waals surface area contributed by atoms with Crippen LogP contribution in [0.5, 0.6) is 0 Å². The fourth-order valence-corrected chi connectivity index (χ4v) is 1.64. The van der Waals surface area contributed by atoms with E-state index in [4.69, 9.17) is 5.26 Å². The minimum absolute atomic E-state index is 0.135. The molecule has 7 heteroatoms. The number of aliphatic imine (C=N–C) groups is 1. The number of nitrogens with zero attached hydrogens (tertiary/aromatic N) is 3. The van der Waals surface area contributed by atoms with E-state index in [2.05, 4.69) is 21.9 Å². The largest absolute Gasteiger partial charge is 0.418 e. The number of hydrogen-bond acceptors (Lipinski definition) is 4. The van der Waals surface area contributed by atoms with Crippen molar-refractivity contribution in [3.63, 3.8) is 0 Å². The Morgan fingerprint density at radius 2 is 2.23 bits per heavy atom. The number of anilines is 1. The predicted molar refractivity (Wildman–Crippen MR) is 79.2 cm³/mol. The van der Waals surface area contributed by atoms with Gasteiger partial charge in [0.2, 0.25) is 0 Å². The van der Waals surface area contributed by atoms with Crippen molar-refractivity contribution in [3.05, 3.63) is 47.9 Å². The second-order valence-corrected chi connectivity index (χ2v) is 4.35. The SMILES string of the molecule is C=C/C(C#N)=N\C=C(/C)Nc1cc(CC)c(C(F)(F)F)cn1. The first-order valence-electron chi connectivity index (χ1n) is 6.42. The molecule has 0 saturated carbocycles. The Bertz CT molecular complexity index is 652. The van der Waals surface area contributed by atoms with E-state index in [1.807, 2.05) is 6.07 Å². The zero-order valence-corrected chi connectivity index (χ0v) is 12.2. The molecule has 0 aliphatic rings. The topological polar surface area (TPSA) is 61.1 Å². The summed E-state index contributed by atoms with van der Waals surface area (Å²) in [5.41, 5.74) is 0.0865. The number of nitrogens with one attached hydrogen (secondary N) is 1. The molecule has 116 valence electrons. The second-order valence-electron chi connectivity index (χ2n) is 4.35. The van der Waals surface area contributed by atoms with Gasteiger partial charge in [0.1, 0.15) is 17.6 Å². The third kappa shape index (κ3) is 4.74. The summed E-state index contributed by atoms with van der Waals surface area (Å²) in [4.78, 5) is 7.62. The van der Waals surface area contributed by atoms with E-state index in [-0.39, 0.29) is 23.5 Å². The van der Waals surface area contributed by atoms with E-state index in [0.717, 1.165) is 6.20 Å². The molecule has 0 spiro atoms. The highest BCUT2D eigenvalue weighted by Crippen LogP contribution is 2.32. The van der Waals surface area contributed by atoms with Gasteiger partial charge >= 0.3 is 6.18 Å². The van der Waals surface area contributed by atoms with Gasteiger partial charge in [-0.2, -0.15) is 18.4 Å². The zero-order chi connectivity index (χ0) is 16.8. The van der Waals surface area contributed by atoms with Crippen LogP contribution in [-0.4, -0.2) is 10.7 Å². The van der Waals surface area contributed by atoms with Crippen molar-refractivity contribution in [2.75, 3.05) is 5.32 Å². The Labute approximate surface area is 126 Å². The average Bonchev–Trinajstić information content (AvgIpc) is 2.47. The summed E-state index contributed by atoms with van der Waals surface area (Å²) in [6, 6.07) is 3.18. The Morgan fingerprint density at radius 1 is 1.55 bits per heavy atom. The number of alkyl halides is 3. The van der Waals surface area contributed by atoms with Crippen molar-refractivity contribution in [1.82, 2.24) is 4.98 Å². The molecule has 1 N–H and O–H groups in total. The highest BCUT2D eigenvalue weighted by molar-refractivity contribution is 6.07. The van der Waals surface area contributed by atoms with Gasteiger partial charge in [-0.25, -0.2) is 9.98 Å². The summed E-state index contributed by atoms with van der Waals surface area (Å²) in [6.45, 7) is 6.73. The van der Waals surface area contributed by atoms with Crippen LogP contribution in [0.1, 0.15) is 25.0 Å². The molecule has 0 radical (unpaired) electrons. The van der Waals surface area contributed by atoms with Crippen molar-refractivity contribution >= 4 is 11.5 Å². The van der Waals surface area contributed by atoms with E-state index in [0.29, 0.717) is 5.70 Å². The molecule has 0 aliphatic carbocycles. The quantitative estimate of drug-likeness (QED) is 0.833. The third-order valence-electron chi connectivity index (χ3n) is 2.71. The molecule has 1 rings (SSSR count). The Kier molecular flexibility index (Phi) is 5.87. The number of aryl methyl sites for hydroxylation is 1. The van der Waals surface area contributed by atoms with E-state index < -0.39 is 11.7 Å². The molecule has 22 heavy (non-hydrogen) atoms. The van der Waals surface area contributed by atoms with Gasteiger partial charge in [-0.3, -0.25) is 0 Å². The Hall–Kier alpha value is -2.62. The molecule has 0 bridgehead atoms. The van der Waals surface area contributed by atoms with Crippen molar-refractivity contribution in [3.8, 4) is 6.07 Å². The molecule has 0 aromatic carbocycles. The molecule has 1 aromatic rings. The van der Waals surface area contributed by atoms with Gasteiger partial charge in [-0.1, -0.05) is 13.5 Å². The highest BCUT2D eigenvalue weighted by Gasteiger charge is 2.33. The number of halogens is 3. The molecule has 0 aliphatic heterocycles. The Morgan fingerprint density at radius 3 is 2.73 bits per heavy atom. The molecule has 0 saturated heterocycles. The monoisotopic (exact) mass is 308 g/mol. The predicted octanol–water partition coefficient (Wildman–Crippen LogP) is 4.09. The molecule has 1 aromatic heterocycles. The summed E-state index contributed by atoms with van der Waals surface area (Å²) in [5, 5.41) is 11.5. The number of aromatic nitrogens is 1. The fourth-order valence-electron chi connectivity index (χ4n) is 1.64. The van der Waals surface area contributed by atoms with Crippen LogP contribution in [-0.2, 0) is 12.6 Å². The van der Waals surface area contributed by atoms with E-state index >= 15 is 0 Å². The molecule has 1 heterocycles. The lowest BCUT2D eigenvalue weighted by Crippen LogP contribution is -2.10. The van der Waals surface area contributed by atoms with E-state index in [1.54, 1.807) is 13.8 Å². The van der Waals surface area contributed by atoms with Gasteiger partial charge in [-0.15, -0.1) is 0 Å². The fraction of sp³-hybridized carbons (Fsp3) is 0.267. The van der Waals surface area contributed by atoms with E-state index in [1.165, 1.54) is 18.3 Å². The van der Waals surface area contributed by atoms with Crippen LogP contribution in [0.15, 0.2) is 41.8 Å². The van der Waals surface area contributed by atoms with Crippen LogP contribution in [0, 0.1) is 11.3 Å². The lowest BCUT2D eigenvalue weighted by molar-refractivity contribution is -0.138. The minimum Gasteiger partial charge on any atom is -0.343 e. The first-order valence-corrected chi connectivity index (χ1v) is 6.42. The zero-order valence-electron chi connectivity index (χ0n) is 12.2. The van der Waals surface area contributed by atoms with Gasteiger partial charge < -0.3 is 5.32 Å². The maximum Gasteiger partial charge on any atom is 0.418 e. The van der Waals surface area contributed by atoms with Crippen molar-refractivity contribution in [1.29, 1.82) is 5.26 Å². The maximum atomic E-state index is 12.8. The average molecular weight is 308 g/mol. The van der Waals surface area contributed by atoms with Crippen LogP contribution in [0.25, 0.3) is 0 Å². The molecule has 0 fully saturated rings. The number of hydrogen-bond donors (Lipinski definition) is 1. The minimum atomic E-state index is -4.42. The lowest BCUT2D eigenvalue weighted by Gasteiger charge is -2.13. The molecule has 0 unspecified atom stereocenters. The third-order valence-corrected chi connectivity index (χ3v) is 2.71. The van der Waals surface area contributed by atoms with Gasteiger partial charge in [0.15, 0.2) is 0 Å². The molecule has 0 atom stereocenters.